The lowest BCUT2D eigenvalue weighted by Crippen LogP contribution is -2.63. The average Bonchev–Trinajstić information content (AvgIpc) is 2.70. The Balaban J connectivity index is 1.92. The maximum atomic E-state index is 12.2. The summed E-state index contributed by atoms with van der Waals surface area (Å²) in [6.45, 7) is 2.74. The van der Waals surface area contributed by atoms with Crippen molar-refractivity contribution in [1.29, 1.82) is 0 Å². The lowest BCUT2D eigenvalue weighted by molar-refractivity contribution is -0.357. The average molecular weight is 457 g/mol. The molecule has 0 amide bonds. The number of hydrogen-bond donors (Lipinski definition) is 5. The molecule has 0 bridgehead atoms. The van der Waals surface area contributed by atoms with Crippen LogP contribution in [0.3, 0.4) is 0 Å². The Kier molecular flexibility index (Phi) is 6.77. The van der Waals surface area contributed by atoms with E-state index in [1.54, 1.807) is 31.5 Å². The van der Waals surface area contributed by atoms with Crippen LogP contribution in [0.5, 0.6) is 0 Å². The molecule has 2 aromatic rings. The first-order chi connectivity index (χ1) is 14.0. The molecule has 2 aromatic carbocycles. The van der Waals surface area contributed by atoms with Gasteiger partial charge in [-0.1, -0.05) is 41.9 Å². The number of benzene rings is 2. The fourth-order valence-electron chi connectivity index (χ4n) is 3.52. The molecule has 7 nitrogen and oxygen atoms in total. The van der Waals surface area contributed by atoms with Gasteiger partial charge in [0.2, 0.25) is 5.79 Å². The summed E-state index contributed by atoms with van der Waals surface area (Å²) in [7, 11) is -2.36. The van der Waals surface area contributed by atoms with Gasteiger partial charge in [0.1, 0.15) is 31.6 Å². The van der Waals surface area contributed by atoms with E-state index in [1.165, 1.54) is 12.1 Å². The zero-order valence-corrected chi connectivity index (χ0v) is 18.3. The standard InChI is InChI=1S/C21H26ClO7P/c1-30(2,28)15-6-3-12(4-7-15)9-13-10-14(5-8-16(13)22)21(27)20(26)19(25)18(24)17(11-23)29-21/h3-8,10,17-20,23-27H,9,11H2,1-2H3/t17-,18-,19+,20-,21+/m1/s1. The van der Waals surface area contributed by atoms with Crippen molar-refractivity contribution in [1.82, 2.24) is 0 Å². The van der Waals surface area contributed by atoms with Gasteiger partial charge in [0.15, 0.2) is 0 Å². The van der Waals surface area contributed by atoms with Gasteiger partial charge in [-0.3, -0.25) is 0 Å². The van der Waals surface area contributed by atoms with Crippen LogP contribution >= 0.6 is 18.7 Å². The van der Waals surface area contributed by atoms with Gasteiger partial charge in [0.25, 0.3) is 0 Å². The highest BCUT2D eigenvalue weighted by molar-refractivity contribution is 7.70. The molecule has 1 aliphatic rings. The number of ether oxygens (including phenoxy) is 1. The highest BCUT2D eigenvalue weighted by Crippen LogP contribution is 2.38. The molecule has 1 fully saturated rings. The molecule has 5 N–H and O–H groups in total. The molecule has 5 atom stereocenters. The van der Waals surface area contributed by atoms with Crippen molar-refractivity contribution >= 4 is 24.0 Å². The van der Waals surface area contributed by atoms with E-state index in [2.05, 4.69) is 0 Å². The van der Waals surface area contributed by atoms with Crippen LogP contribution in [0.4, 0.5) is 0 Å². The van der Waals surface area contributed by atoms with Gasteiger partial charge >= 0.3 is 0 Å². The Hall–Kier alpha value is -1.28. The molecule has 0 radical (unpaired) electrons. The molecule has 0 aliphatic carbocycles. The molecule has 1 aliphatic heterocycles. The van der Waals surface area contributed by atoms with E-state index in [9.17, 15) is 30.1 Å². The monoisotopic (exact) mass is 456 g/mol. The summed E-state index contributed by atoms with van der Waals surface area (Å²) in [6.07, 6.45) is -5.99. The van der Waals surface area contributed by atoms with Crippen LogP contribution in [-0.4, -0.2) is 69.9 Å². The second-order valence-electron chi connectivity index (χ2n) is 7.96. The highest BCUT2D eigenvalue weighted by Gasteiger charge is 2.53. The van der Waals surface area contributed by atoms with Crippen LogP contribution in [0, 0.1) is 0 Å². The van der Waals surface area contributed by atoms with E-state index < -0.39 is 44.0 Å². The fourth-order valence-corrected chi connectivity index (χ4v) is 4.57. The van der Waals surface area contributed by atoms with Gasteiger partial charge in [0, 0.05) is 15.9 Å². The third-order valence-corrected chi connectivity index (χ3v) is 7.29. The largest absolute Gasteiger partial charge is 0.394 e. The Morgan fingerprint density at radius 1 is 1.07 bits per heavy atom. The summed E-state index contributed by atoms with van der Waals surface area (Å²) >= 11 is 6.32. The Labute approximate surface area is 179 Å². The summed E-state index contributed by atoms with van der Waals surface area (Å²) in [5.74, 6) is -2.34. The van der Waals surface area contributed by atoms with Crippen LogP contribution in [-0.2, 0) is 21.5 Å². The third kappa shape index (κ3) is 4.49. The first-order valence-corrected chi connectivity index (χ1v) is 12.4. The van der Waals surface area contributed by atoms with Crippen molar-refractivity contribution in [3.63, 3.8) is 0 Å². The van der Waals surface area contributed by atoms with Gasteiger partial charge in [-0.15, -0.1) is 0 Å². The van der Waals surface area contributed by atoms with Gasteiger partial charge in [-0.2, -0.15) is 0 Å². The zero-order chi connectivity index (χ0) is 22.3. The molecule has 9 heteroatoms. The smallest absolute Gasteiger partial charge is 0.222 e. The van der Waals surface area contributed by atoms with E-state index in [1.807, 2.05) is 12.1 Å². The second-order valence-corrected chi connectivity index (χ2v) is 11.6. The number of aliphatic hydroxyl groups is 5. The second kappa shape index (κ2) is 8.69. The molecule has 1 heterocycles. The van der Waals surface area contributed by atoms with E-state index >= 15 is 0 Å². The number of aliphatic hydroxyl groups excluding tert-OH is 4. The van der Waals surface area contributed by atoms with Crippen LogP contribution in [0.2, 0.25) is 5.02 Å². The summed E-state index contributed by atoms with van der Waals surface area (Å²) in [4.78, 5) is 0. The lowest BCUT2D eigenvalue weighted by atomic mass is 9.87. The van der Waals surface area contributed by atoms with Crippen molar-refractivity contribution in [2.45, 2.75) is 36.6 Å². The Bertz CT molecular complexity index is 943. The number of rotatable bonds is 5. The third-order valence-electron chi connectivity index (χ3n) is 5.38. The maximum Gasteiger partial charge on any atom is 0.222 e. The van der Waals surface area contributed by atoms with Gasteiger partial charge in [0.05, 0.1) is 6.61 Å². The topological polar surface area (TPSA) is 127 Å². The molecule has 1 saturated heterocycles. The minimum absolute atomic E-state index is 0.127. The van der Waals surface area contributed by atoms with E-state index in [4.69, 9.17) is 16.3 Å². The summed E-state index contributed by atoms with van der Waals surface area (Å²) in [6, 6.07) is 11.8. The SMILES string of the molecule is CP(C)(=O)c1ccc(Cc2cc([C@]3(O)O[C@H](CO)[C@@H](O)[C@H](O)[C@H]3O)ccc2Cl)cc1. The van der Waals surface area contributed by atoms with Crippen molar-refractivity contribution < 1.29 is 34.8 Å². The predicted octanol–water partition coefficient (Wildman–Crippen LogP) is 0.798. The first kappa shape index (κ1) is 23.4. The summed E-state index contributed by atoms with van der Waals surface area (Å²) in [5, 5.41) is 51.9. The molecule has 0 saturated carbocycles. The molecule has 0 aromatic heterocycles. The molecule has 0 unspecified atom stereocenters. The van der Waals surface area contributed by atoms with Crippen molar-refractivity contribution in [2.24, 2.45) is 0 Å². The maximum absolute atomic E-state index is 12.2. The normalized spacial score (nSPS) is 29.7. The van der Waals surface area contributed by atoms with E-state index in [0.717, 1.165) is 10.9 Å². The number of hydrogen-bond acceptors (Lipinski definition) is 7. The Morgan fingerprint density at radius 3 is 2.27 bits per heavy atom. The minimum atomic E-state index is -2.36. The first-order valence-electron chi connectivity index (χ1n) is 9.46. The van der Waals surface area contributed by atoms with E-state index in [0.29, 0.717) is 17.0 Å². The van der Waals surface area contributed by atoms with Crippen molar-refractivity contribution in [2.75, 3.05) is 19.9 Å². The minimum Gasteiger partial charge on any atom is -0.394 e. The van der Waals surface area contributed by atoms with Crippen LogP contribution in [0.1, 0.15) is 16.7 Å². The zero-order valence-electron chi connectivity index (χ0n) is 16.6. The molecule has 164 valence electrons. The lowest BCUT2D eigenvalue weighted by Gasteiger charge is -2.45. The predicted molar refractivity (Wildman–Crippen MR) is 114 cm³/mol. The van der Waals surface area contributed by atoms with Crippen molar-refractivity contribution in [3.8, 4) is 0 Å². The molecule has 3 rings (SSSR count). The Morgan fingerprint density at radius 2 is 1.70 bits per heavy atom. The summed E-state index contributed by atoms with van der Waals surface area (Å²) in [5.41, 5.74) is 1.65. The highest BCUT2D eigenvalue weighted by atomic mass is 35.5. The number of halogens is 1. The van der Waals surface area contributed by atoms with Crippen molar-refractivity contribution in [3.05, 3.63) is 64.2 Å². The van der Waals surface area contributed by atoms with E-state index in [-0.39, 0.29) is 5.56 Å². The summed E-state index contributed by atoms with van der Waals surface area (Å²) < 4.78 is 17.6. The van der Waals surface area contributed by atoms with Gasteiger partial charge < -0.3 is 34.8 Å². The van der Waals surface area contributed by atoms with Gasteiger partial charge in [-0.05, 0) is 43.0 Å². The quantitative estimate of drug-likeness (QED) is 0.421. The fraction of sp³-hybridized carbons (Fsp3) is 0.429. The van der Waals surface area contributed by atoms with Gasteiger partial charge in [-0.25, -0.2) is 0 Å². The van der Waals surface area contributed by atoms with Crippen LogP contribution < -0.4 is 5.30 Å². The molecule has 30 heavy (non-hydrogen) atoms. The van der Waals surface area contributed by atoms with Crippen LogP contribution in [0.15, 0.2) is 42.5 Å². The van der Waals surface area contributed by atoms with Crippen LogP contribution in [0.25, 0.3) is 0 Å². The molecular formula is C21H26ClO7P. The molecule has 0 spiro atoms. The molecular weight excluding hydrogens is 431 g/mol.